The first-order chi connectivity index (χ1) is 1.00. The van der Waals surface area contributed by atoms with Gasteiger partial charge in [0.25, 0.3) is 0 Å². The van der Waals surface area contributed by atoms with Crippen LogP contribution in [0.2, 0.25) is 0 Å². The summed E-state index contributed by atoms with van der Waals surface area (Å²) in [7, 11) is 0. The van der Waals surface area contributed by atoms with E-state index in [-0.39, 0.29) is 11.6 Å². The van der Waals surface area contributed by atoms with E-state index in [1.54, 1.807) is 0 Å². The van der Waals surface area contributed by atoms with Crippen molar-refractivity contribution >= 4 is 16.2 Å². The van der Waals surface area contributed by atoms with Crippen LogP contribution in [0.15, 0.2) is 0 Å². The van der Waals surface area contributed by atoms with Gasteiger partial charge in [-0.05, 0) is 0 Å². The van der Waals surface area contributed by atoms with E-state index in [4.69, 9.17) is 3.80 Å². The second-order valence-electron chi connectivity index (χ2n) is 0. The number of hydrogen-bond acceptors (Lipinski definition) is 2. The first kappa shape index (κ1) is 28.7. The van der Waals surface area contributed by atoms with Crippen molar-refractivity contribution in [2.24, 2.45) is 0 Å². The molecule has 0 unspecified atom stereocenters. The molecular weight excluding hydrogens is 73.0 g/mol. The molecular formula is H6AlNO2. The Morgan fingerprint density at radius 2 is 1.25 bits per heavy atom. The molecule has 3 nitrogen and oxygen atoms in total. The van der Waals surface area contributed by atoms with Gasteiger partial charge in [0.1, 0.15) is 0 Å². The van der Waals surface area contributed by atoms with E-state index in [2.05, 4.69) is 0 Å². The Labute approximate surface area is 32.5 Å². The summed E-state index contributed by atoms with van der Waals surface area (Å²) < 4.78 is 8.28. The minimum absolute atomic E-state index is 0. The Morgan fingerprint density at radius 1 is 1.25 bits per heavy atom. The van der Waals surface area contributed by atoms with E-state index in [1.807, 2.05) is 0 Å². The number of rotatable bonds is 0. The first-order valence-corrected chi connectivity index (χ1v) is 0.866. The maximum absolute atomic E-state index is 8.28. The van der Waals surface area contributed by atoms with Gasteiger partial charge >= 0.3 is 20.0 Å². The predicted molar refractivity (Wildman–Crippen MR) is 16.5 cm³/mol. The quantitative estimate of drug-likeness (QED) is 0.361. The van der Waals surface area contributed by atoms with Gasteiger partial charge in [0.2, 0.25) is 0 Å². The second kappa shape index (κ2) is 259. The molecule has 0 aliphatic heterocycles. The third kappa shape index (κ3) is 55.4. The Morgan fingerprint density at radius 3 is 1.25 bits per heavy atom. The molecule has 0 aromatic rings. The fraction of sp³-hybridized carbons (Fsp3) is 0. The van der Waals surface area contributed by atoms with Crippen LogP contribution in [0.3, 0.4) is 0 Å². The number of hydrogen-bond donors (Lipinski definition) is 1. The molecule has 5 N–H and O–H groups in total. The molecule has 0 aromatic heterocycles. The molecule has 0 rings (SSSR count). The van der Waals surface area contributed by atoms with Crippen molar-refractivity contribution in [1.29, 1.82) is 0 Å². The summed E-state index contributed by atoms with van der Waals surface area (Å²) in [4.78, 5) is 0. The standard InChI is InChI=1S/Al.H3N.H2O.O.H/h;1H3;1H2;;. The molecule has 0 bridgehead atoms. The average Bonchev–Trinajstić information content (AvgIpc) is 1.00. The van der Waals surface area contributed by atoms with Crippen molar-refractivity contribution in [3.8, 4) is 0 Å². The van der Waals surface area contributed by atoms with Crippen LogP contribution < -0.4 is 6.15 Å². The van der Waals surface area contributed by atoms with Crippen LogP contribution >= 0.6 is 0 Å². The van der Waals surface area contributed by atoms with Crippen LogP contribution in [0.1, 0.15) is 0 Å². The van der Waals surface area contributed by atoms with Gasteiger partial charge < -0.3 is 11.6 Å². The Kier molecular flexibility index (Phi) is 1860. The summed E-state index contributed by atoms with van der Waals surface area (Å²) in [5.74, 6) is 0. The molecule has 0 saturated heterocycles. The van der Waals surface area contributed by atoms with Crippen LogP contribution in [-0.4, -0.2) is 21.7 Å². The van der Waals surface area contributed by atoms with Crippen molar-refractivity contribution < 1.29 is 9.28 Å². The summed E-state index contributed by atoms with van der Waals surface area (Å²) in [6.07, 6.45) is 0. The Balaban J connectivity index is -0.00000000500. The molecule has 4 heteroatoms. The predicted octanol–water partition coefficient (Wildman–Crippen LogP) is -1.43. The van der Waals surface area contributed by atoms with Gasteiger partial charge in [-0.2, -0.15) is 0 Å². The monoisotopic (exact) mass is 79.0 g/mol. The van der Waals surface area contributed by atoms with E-state index < -0.39 is 0 Å². The summed E-state index contributed by atoms with van der Waals surface area (Å²) in [6.45, 7) is 0. The summed E-state index contributed by atoms with van der Waals surface area (Å²) in [6, 6.07) is 0. The molecule has 0 atom stereocenters. The third-order valence-electron chi connectivity index (χ3n) is 0. The molecule has 0 amide bonds. The van der Waals surface area contributed by atoms with E-state index in [1.165, 1.54) is 0 Å². The SMILES string of the molecule is N.O.[O]=[AlH]. The zero-order valence-corrected chi connectivity index (χ0v) is 3.74. The fourth-order valence-electron chi connectivity index (χ4n) is 0. The molecule has 0 aliphatic carbocycles. The minimum atomic E-state index is 0. The fourth-order valence-corrected chi connectivity index (χ4v) is 0. The average molecular weight is 79.0 g/mol. The van der Waals surface area contributed by atoms with Gasteiger partial charge in [-0.15, -0.1) is 0 Å². The normalized spacial score (nSPS) is 0.750. The van der Waals surface area contributed by atoms with Gasteiger partial charge in [-0.3, -0.25) is 0 Å². The Bertz CT molecular complexity index is 6.00. The third-order valence-corrected chi connectivity index (χ3v) is 0. The van der Waals surface area contributed by atoms with Gasteiger partial charge in [0.05, 0.1) is 0 Å². The molecule has 0 radical (unpaired) electrons. The Hall–Kier alpha value is 0.252. The zero-order chi connectivity index (χ0) is 2.00. The molecule has 0 heterocycles. The van der Waals surface area contributed by atoms with Crippen LogP contribution in [0, 0.1) is 0 Å². The van der Waals surface area contributed by atoms with Crippen molar-refractivity contribution in [2.75, 3.05) is 0 Å². The molecule has 4 heavy (non-hydrogen) atoms. The van der Waals surface area contributed by atoms with Crippen LogP contribution in [0.4, 0.5) is 0 Å². The van der Waals surface area contributed by atoms with Crippen molar-refractivity contribution in [3.63, 3.8) is 0 Å². The topological polar surface area (TPSA) is 83.6 Å². The van der Waals surface area contributed by atoms with Crippen molar-refractivity contribution in [3.05, 3.63) is 0 Å². The van der Waals surface area contributed by atoms with Gasteiger partial charge in [-0.25, -0.2) is 0 Å². The molecule has 26 valence electrons. The van der Waals surface area contributed by atoms with Crippen molar-refractivity contribution in [2.45, 2.75) is 0 Å². The van der Waals surface area contributed by atoms with E-state index in [0.717, 1.165) is 0 Å². The van der Waals surface area contributed by atoms with Crippen LogP contribution in [0.5, 0.6) is 0 Å². The first-order valence-electron chi connectivity index (χ1n) is 0.289. The van der Waals surface area contributed by atoms with Gasteiger partial charge in [-0.1, -0.05) is 0 Å². The van der Waals surface area contributed by atoms with E-state index >= 15 is 0 Å². The van der Waals surface area contributed by atoms with E-state index in [9.17, 15) is 0 Å². The van der Waals surface area contributed by atoms with Gasteiger partial charge in [0, 0.05) is 0 Å². The molecule has 0 aliphatic rings. The van der Waals surface area contributed by atoms with E-state index in [0.29, 0.717) is 16.2 Å². The van der Waals surface area contributed by atoms with Crippen molar-refractivity contribution in [1.82, 2.24) is 6.15 Å². The molecule has 0 saturated carbocycles. The second-order valence-corrected chi connectivity index (χ2v) is 0. The summed E-state index contributed by atoms with van der Waals surface area (Å²) in [5, 5.41) is 0. The zero-order valence-electron chi connectivity index (χ0n) is 2.32. The maximum atomic E-state index is 8.28. The summed E-state index contributed by atoms with van der Waals surface area (Å²) >= 11 is 0.611. The van der Waals surface area contributed by atoms with Crippen LogP contribution in [-0.2, 0) is 3.80 Å². The van der Waals surface area contributed by atoms with Gasteiger partial charge in [0.15, 0.2) is 0 Å². The molecule has 0 spiro atoms. The summed E-state index contributed by atoms with van der Waals surface area (Å²) in [5.41, 5.74) is 0. The van der Waals surface area contributed by atoms with Crippen LogP contribution in [0.25, 0.3) is 0 Å². The molecule has 0 fully saturated rings. The molecule has 0 aromatic carbocycles.